The van der Waals surface area contributed by atoms with Crippen molar-refractivity contribution in [2.75, 3.05) is 11.4 Å². The molecule has 0 radical (unpaired) electrons. The number of likely N-dealkylation sites (N-methyl/N-ethyl adjacent to an activating group) is 1. The van der Waals surface area contributed by atoms with Crippen molar-refractivity contribution in [1.82, 2.24) is 4.90 Å². The number of hydrogen-bond donors (Lipinski definition) is 0. The van der Waals surface area contributed by atoms with Crippen LogP contribution in [-0.4, -0.2) is 34.5 Å². The maximum Gasteiger partial charge on any atom is 0.270 e. The molecular formula is C23H23ClN2O3S. The van der Waals surface area contributed by atoms with E-state index in [1.54, 1.807) is 30.3 Å². The van der Waals surface area contributed by atoms with Crippen molar-refractivity contribution >= 4 is 52.5 Å². The van der Waals surface area contributed by atoms with Crippen molar-refractivity contribution in [3.63, 3.8) is 0 Å². The summed E-state index contributed by atoms with van der Waals surface area (Å²) in [4.78, 5) is 28.9. The molecule has 0 spiro atoms. The zero-order valence-corrected chi connectivity index (χ0v) is 18.7. The highest BCUT2D eigenvalue weighted by atomic mass is 35.5. The molecule has 1 saturated heterocycles. The van der Waals surface area contributed by atoms with Gasteiger partial charge >= 0.3 is 0 Å². The molecular weight excluding hydrogens is 420 g/mol. The average Bonchev–Trinajstić information content (AvgIpc) is 2.74. The number of carbonyl (C=O) groups is 2. The Labute approximate surface area is 186 Å². The third kappa shape index (κ3) is 4.55. The summed E-state index contributed by atoms with van der Waals surface area (Å²) in [5.74, 6) is -0.124. The summed E-state index contributed by atoms with van der Waals surface area (Å²) in [5, 5.41) is 0.706. The van der Waals surface area contributed by atoms with Gasteiger partial charge in [0.15, 0.2) is 5.11 Å². The summed E-state index contributed by atoms with van der Waals surface area (Å²) in [5.41, 5.74) is 1.34. The molecule has 156 valence electrons. The third-order valence-corrected chi connectivity index (χ3v) is 5.49. The van der Waals surface area contributed by atoms with Crippen molar-refractivity contribution < 1.29 is 14.3 Å². The Morgan fingerprint density at radius 2 is 1.67 bits per heavy atom. The summed E-state index contributed by atoms with van der Waals surface area (Å²) in [6, 6.07) is 14.1. The highest BCUT2D eigenvalue weighted by Gasteiger charge is 2.39. The quantitative estimate of drug-likeness (QED) is 0.355. The van der Waals surface area contributed by atoms with Crippen molar-refractivity contribution in [2.24, 2.45) is 0 Å². The Kier molecular flexibility index (Phi) is 6.90. The Hall–Kier alpha value is -2.70. The van der Waals surface area contributed by atoms with Gasteiger partial charge in [-0.15, -0.1) is 0 Å². The van der Waals surface area contributed by atoms with E-state index in [0.29, 0.717) is 17.3 Å². The number of anilines is 1. The molecule has 3 rings (SSSR count). The molecule has 7 heteroatoms. The standard InChI is InChI=1S/C23H23ClN2O3S/c1-4-15(3)29-19-12-6-16(7-13-19)14-20-21(27)25(5-2)23(30)26(22(20)28)18-10-8-17(24)9-11-18/h6-15H,4-5H2,1-3H3/b20-14+/t15-/m1/s1. The Morgan fingerprint density at radius 3 is 2.23 bits per heavy atom. The molecule has 0 aliphatic carbocycles. The minimum absolute atomic E-state index is 0.0518. The SMILES string of the molecule is CC[C@@H](C)Oc1ccc(/C=C2\C(=O)N(CC)C(=S)N(c3ccc(Cl)cc3)C2=O)cc1. The number of benzene rings is 2. The molecule has 1 aliphatic heterocycles. The normalized spacial score (nSPS) is 16.9. The first kappa shape index (κ1) is 22.0. The van der Waals surface area contributed by atoms with Crippen LogP contribution in [0.15, 0.2) is 54.1 Å². The number of amides is 2. The second-order valence-electron chi connectivity index (χ2n) is 6.91. The fraction of sp³-hybridized carbons (Fsp3) is 0.261. The number of thiocarbonyl (C=S) groups is 1. The molecule has 1 atom stereocenters. The molecule has 30 heavy (non-hydrogen) atoms. The Bertz CT molecular complexity index is 987. The van der Waals surface area contributed by atoms with Crippen LogP contribution in [0.5, 0.6) is 5.75 Å². The zero-order chi connectivity index (χ0) is 21.8. The molecule has 2 aromatic carbocycles. The molecule has 1 aliphatic rings. The van der Waals surface area contributed by atoms with Crippen LogP contribution in [0.4, 0.5) is 5.69 Å². The average molecular weight is 443 g/mol. The van der Waals surface area contributed by atoms with Gasteiger partial charge in [0.2, 0.25) is 0 Å². The summed E-state index contributed by atoms with van der Waals surface area (Å²) >= 11 is 11.4. The van der Waals surface area contributed by atoms with Crippen LogP contribution >= 0.6 is 23.8 Å². The number of rotatable bonds is 6. The van der Waals surface area contributed by atoms with Gasteiger partial charge in [0, 0.05) is 11.6 Å². The van der Waals surface area contributed by atoms with E-state index in [1.165, 1.54) is 9.80 Å². The molecule has 0 N–H and O–H groups in total. The number of halogens is 1. The lowest BCUT2D eigenvalue weighted by molar-refractivity contribution is -0.127. The van der Waals surface area contributed by atoms with E-state index in [0.717, 1.165) is 17.7 Å². The van der Waals surface area contributed by atoms with Gasteiger partial charge in [0.05, 0.1) is 11.8 Å². The van der Waals surface area contributed by atoms with E-state index in [2.05, 4.69) is 6.92 Å². The summed E-state index contributed by atoms with van der Waals surface area (Å²) in [7, 11) is 0. The van der Waals surface area contributed by atoms with Gasteiger partial charge in [0.1, 0.15) is 11.3 Å². The van der Waals surface area contributed by atoms with Crippen LogP contribution in [0.2, 0.25) is 5.02 Å². The number of nitrogens with zero attached hydrogens (tertiary/aromatic N) is 2. The van der Waals surface area contributed by atoms with E-state index >= 15 is 0 Å². The highest BCUT2D eigenvalue weighted by Crippen LogP contribution is 2.27. The summed E-state index contributed by atoms with van der Waals surface area (Å²) in [6.07, 6.45) is 2.61. The summed E-state index contributed by atoms with van der Waals surface area (Å²) in [6.45, 7) is 6.23. The highest BCUT2D eigenvalue weighted by molar-refractivity contribution is 7.80. The van der Waals surface area contributed by atoms with E-state index in [4.69, 9.17) is 28.6 Å². The minimum atomic E-state index is -0.461. The lowest BCUT2D eigenvalue weighted by Gasteiger charge is -2.36. The largest absolute Gasteiger partial charge is 0.491 e. The van der Waals surface area contributed by atoms with Gasteiger partial charge in [0.25, 0.3) is 11.8 Å². The Balaban J connectivity index is 1.95. The van der Waals surface area contributed by atoms with Crippen LogP contribution in [-0.2, 0) is 9.59 Å². The smallest absolute Gasteiger partial charge is 0.270 e. The fourth-order valence-corrected chi connectivity index (χ4v) is 3.52. The zero-order valence-electron chi connectivity index (χ0n) is 17.1. The molecule has 1 fully saturated rings. The first-order valence-corrected chi connectivity index (χ1v) is 10.6. The van der Waals surface area contributed by atoms with Crippen LogP contribution in [0.3, 0.4) is 0 Å². The maximum atomic E-state index is 13.2. The van der Waals surface area contributed by atoms with Gasteiger partial charge < -0.3 is 4.74 Å². The molecule has 0 bridgehead atoms. The van der Waals surface area contributed by atoms with Crippen molar-refractivity contribution in [2.45, 2.75) is 33.3 Å². The van der Waals surface area contributed by atoms with Gasteiger partial charge in [-0.2, -0.15) is 0 Å². The molecule has 2 amide bonds. The lowest BCUT2D eigenvalue weighted by Crippen LogP contribution is -2.56. The first-order chi connectivity index (χ1) is 14.3. The minimum Gasteiger partial charge on any atom is -0.491 e. The van der Waals surface area contributed by atoms with E-state index in [-0.39, 0.29) is 16.8 Å². The van der Waals surface area contributed by atoms with Gasteiger partial charge in [-0.25, -0.2) is 0 Å². The number of carbonyl (C=O) groups excluding carboxylic acids is 2. The predicted octanol–water partition coefficient (Wildman–Crippen LogP) is 5.08. The molecule has 2 aromatic rings. The van der Waals surface area contributed by atoms with Gasteiger partial charge in [-0.05, 0) is 80.5 Å². The van der Waals surface area contributed by atoms with E-state index < -0.39 is 11.8 Å². The second-order valence-corrected chi connectivity index (χ2v) is 7.71. The van der Waals surface area contributed by atoms with E-state index in [9.17, 15) is 9.59 Å². The second kappa shape index (κ2) is 9.41. The van der Waals surface area contributed by atoms with Crippen LogP contribution in [0, 0.1) is 0 Å². The Morgan fingerprint density at radius 1 is 1.03 bits per heavy atom. The van der Waals surface area contributed by atoms with Gasteiger partial charge in [-0.3, -0.25) is 19.4 Å². The monoisotopic (exact) mass is 442 g/mol. The number of hydrogen-bond acceptors (Lipinski definition) is 4. The fourth-order valence-electron chi connectivity index (χ4n) is 3.00. The molecule has 0 saturated carbocycles. The van der Waals surface area contributed by atoms with Gasteiger partial charge in [-0.1, -0.05) is 30.7 Å². The first-order valence-electron chi connectivity index (χ1n) is 9.80. The van der Waals surface area contributed by atoms with Crippen LogP contribution in [0.1, 0.15) is 32.8 Å². The van der Waals surface area contributed by atoms with Crippen molar-refractivity contribution in [3.8, 4) is 5.75 Å². The van der Waals surface area contributed by atoms with Crippen LogP contribution < -0.4 is 9.64 Å². The van der Waals surface area contributed by atoms with E-state index in [1.807, 2.05) is 38.1 Å². The van der Waals surface area contributed by atoms with Crippen LogP contribution in [0.25, 0.3) is 6.08 Å². The van der Waals surface area contributed by atoms with Crippen molar-refractivity contribution in [1.29, 1.82) is 0 Å². The molecule has 1 heterocycles. The third-order valence-electron chi connectivity index (χ3n) is 4.84. The number of ether oxygens (including phenoxy) is 1. The molecule has 0 aromatic heterocycles. The molecule has 5 nitrogen and oxygen atoms in total. The predicted molar refractivity (Wildman–Crippen MR) is 124 cm³/mol. The molecule has 0 unspecified atom stereocenters. The lowest BCUT2D eigenvalue weighted by atomic mass is 10.1. The maximum absolute atomic E-state index is 13.2. The summed E-state index contributed by atoms with van der Waals surface area (Å²) < 4.78 is 5.78. The van der Waals surface area contributed by atoms with Crippen molar-refractivity contribution in [3.05, 3.63) is 64.7 Å². The topological polar surface area (TPSA) is 49.9 Å².